The molecule has 0 spiro atoms. The summed E-state index contributed by atoms with van der Waals surface area (Å²) in [6.45, 7) is 1.08. The van der Waals surface area contributed by atoms with Gasteiger partial charge >= 0.3 is 6.18 Å². The van der Waals surface area contributed by atoms with Crippen molar-refractivity contribution < 1.29 is 13.2 Å². The molecule has 0 unspecified atom stereocenters. The molecule has 0 bridgehead atoms. The molecule has 0 amide bonds. The highest BCUT2D eigenvalue weighted by molar-refractivity contribution is 5.39. The fourth-order valence-electron chi connectivity index (χ4n) is 1.40. The number of hydrogen-bond acceptors (Lipinski definition) is 4. The molecular formula is C10H15F3N4. The third kappa shape index (κ3) is 4.56. The number of nitrogens with two attached hydrogens (primary N) is 1. The van der Waals surface area contributed by atoms with Gasteiger partial charge in [-0.05, 0) is 6.42 Å². The molecule has 17 heavy (non-hydrogen) atoms. The molecule has 0 aliphatic heterocycles. The predicted molar refractivity (Wildman–Crippen MR) is 58.7 cm³/mol. The van der Waals surface area contributed by atoms with Gasteiger partial charge in [0.2, 0.25) is 0 Å². The standard InChI is InChI=1S/C10H15F3N4/c1-2-8-5-9(16-7-15-8)17(4-3-14)6-10(11,12)13/h5,7H,2-4,6,14H2,1H3. The Hall–Kier alpha value is -1.37. The predicted octanol–water partition coefficient (Wildman–Crippen LogP) is 1.37. The van der Waals surface area contributed by atoms with Crippen molar-refractivity contribution in [3.05, 3.63) is 18.1 Å². The molecule has 0 aromatic carbocycles. The van der Waals surface area contributed by atoms with E-state index in [0.29, 0.717) is 12.1 Å². The van der Waals surface area contributed by atoms with Gasteiger partial charge in [0.15, 0.2) is 0 Å². The van der Waals surface area contributed by atoms with Gasteiger partial charge in [0.1, 0.15) is 18.7 Å². The van der Waals surface area contributed by atoms with Crippen LogP contribution in [0, 0.1) is 0 Å². The van der Waals surface area contributed by atoms with E-state index in [4.69, 9.17) is 5.73 Å². The SMILES string of the molecule is CCc1cc(N(CCN)CC(F)(F)F)ncn1. The number of nitrogens with zero attached hydrogens (tertiary/aromatic N) is 3. The summed E-state index contributed by atoms with van der Waals surface area (Å²) in [5, 5.41) is 0. The summed E-state index contributed by atoms with van der Waals surface area (Å²) in [7, 11) is 0. The summed E-state index contributed by atoms with van der Waals surface area (Å²) < 4.78 is 37.1. The first-order valence-electron chi connectivity index (χ1n) is 5.29. The maximum absolute atomic E-state index is 12.4. The molecule has 96 valence electrons. The molecular weight excluding hydrogens is 233 g/mol. The van der Waals surface area contributed by atoms with E-state index in [2.05, 4.69) is 9.97 Å². The van der Waals surface area contributed by atoms with Crippen molar-refractivity contribution in [3.63, 3.8) is 0 Å². The minimum absolute atomic E-state index is 0.111. The second kappa shape index (κ2) is 5.81. The van der Waals surface area contributed by atoms with E-state index >= 15 is 0 Å². The molecule has 1 aromatic rings. The average Bonchev–Trinajstić information content (AvgIpc) is 2.27. The lowest BCUT2D eigenvalue weighted by atomic mass is 10.3. The smallest absolute Gasteiger partial charge is 0.346 e. The molecule has 0 saturated heterocycles. The molecule has 0 aliphatic rings. The van der Waals surface area contributed by atoms with Crippen molar-refractivity contribution in [2.75, 3.05) is 24.5 Å². The zero-order valence-corrected chi connectivity index (χ0v) is 9.54. The third-order valence-corrected chi connectivity index (χ3v) is 2.16. The Balaban J connectivity index is 2.88. The highest BCUT2D eigenvalue weighted by atomic mass is 19.4. The van der Waals surface area contributed by atoms with Crippen LogP contribution in [0.1, 0.15) is 12.6 Å². The molecule has 2 N–H and O–H groups in total. The maximum Gasteiger partial charge on any atom is 0.405 e. The van der Waals surface area contributed by atoms with Crippen LogP contribution in [0.5, 0.6) is 0 Å². The largest absolute Gasteiger partial charge is 0.405 e. The minimum atomic E-state index is -4.27. The van der Waals surface area contributed by atoms with Gasteiger partial charge < -0.3 is 10.6 Å². The molecule has 0 atom stereocenters. The highest BCUT2D eigenvalue weighted by Crippen LogP contribution is 2.20. The Morgan fingerprint density at radius 2 is 2.06 bits per heavy atom. The quantitative estimate of drug-likeness (QED) is 0.855. The molecule has 1 rings (SSSR count). The van der Waals surface area contributed by atoms with Crippen molar-refractivity contribution in [2.45, 2.75) is 19.5 Å². The number of halogens is 3. The molecule has 0 aliphatic carbocycles. The lowest BCUT2D eigenvalue weighted by molar-refractivity contribution is -0.119. The molecule has 0 saturated carbocycles. The molecule has 1 heterocycles. The minimum Gasteiger partial charge on any atom is -0.346 e. The first-order valence-corrected chi connectivity index (χ1v) is 5.29. The Labute approximate surface area is 97.7 Å². The Kier molecular flexibility index (Phi) is 4.68. The summed E-state index contributed by atoms with van der Waals surface area (Å²) in [5.74, 6) is 0.264. The van der Waals surface area contributed by atoms with E-state index in [0.717, 1.165) is 4.90 Å². The van der Waals surface area contributed by atoms with E-state index in [1.807, 2.05) is 6.92 Å². The van der Waals surface area contributed by atoms with Gasteiger partial charge in [-0.2, -0.15) is 13.2 Å². The summed E-state index contributed by atoms with van der Waals surface area (Å²) in [4.78, 5) is 8.91. The average molecular weight is 248 g/mol. The fourth-order valence-corrected chi connectivity index (χ4v) is 1.40. The van der Waals surface area contributed by atoms with Gasteiger partial charge in [0.25, 0.3) is 0 Å². The lowest BCUT2D eigenvalue weighted by Gasteiger charge is -2.24. The van der Waals surface area contributed by atoms with Crippen LogP contribution >= 0.6 is 0 Å². The van der Waals surface area contributed by atoms with E-state index < -0.39 is 12.7 Å². The fraction of sp³-hybridized carbons (Fsp3) is 0.600. The topological polar surface area (TPSA) is 55.0 Å². The third-order valence-electron chi connectivity index (χ3n) is 2.16. The van der Waals surface area contributed by atoms with Gasteiger partial charge in [-0.15, -0.1) is 0 Å². The lowest BCUT2D eigenvalue weighted by Crippen LogP contribution is -2.38. The number of hydrogen-bond donors (Lipinski definition) is 1. The number of anilines is 1. The van der Waals surface area contributed by atoms with Crippen LogP contribution in [-0.2, 0) is 6.42 Å². The number of aromatic nitrogens is 2. The maximum atomic E-state index is 12.4. The Morgan fingerprint density at radius 1 is 1.35 bits per heavy atom. The van der Waals surface area contributed by atoms with Crippen molar-refractivity contribution in [3.8, 4) is 0 Å². The van der Waals surface area contributed by atoms with Crippen molar-refractivity contribution >= 4 is 5.82 Å². The van der Waals surface area contributed by atoms with Gasteiger partial charge in [-0.3, -0.25) is 0 Å². The van der Waals surface area contributed by atoms with E-state index in [-0.39, 0.29) is 18.9 Å². The van der Waals surface area contributed by atoms with Gasteiger partial charge in [-0.25, -0.2) is 9.97 Å². The first kappa shape index (κ1) is 13.7. The summed E-state index contributed by atoms with van der Waals surface area (Å²) in [5.41, 5.74) is 6.01. The molecule has 0 radical (unpaired) electrons. The Bertz CT molecular complexity index is 354. The second-order valence-corrected chi connectivity index (χ2v) is 3.55. The van der Waals surface area contributed by atoms with Gasteiger partial charge in [-0.1, -0.05) is 6.92 Å². The monoisotopic (exact) mass is 248 g/mol. The first-order chi connectivity index (χ1) is 7.96. The van der Waals surface area contributed by atoms with Crippen LogP contribution in [0.25, 0.3) is 0 Å². The van der Waals surface area contributed by atoms with Crippen LogP contribution in [-0.4, -0.2) is 35.8 Å². The molecule has 1 aromatic heterocycles. The normalized spacial score (nSPS) is 11.6. The molecule has 0 fully saturated rings. The van der Waals surface area contributed by atoms with E-state index in [1.165, 1.54) is 6.33 Å². The van der Waals surface area contributed by atoms with Crippen LogP contribution in [0.3, 0.4) is 0 Å². The zero-order valence-electron chi connectivity index (χ0n) is 9.54. The number of rotatable bonds is 5. The van der Waals surface area contributed by atoms with E-state index in [1.54, 1.807) is 6.07 Å². The number of alkyl halides is 3. The summed E-state index contributed by atoms with van der Waals surface area (Å²) in [6, 6.07) is 1.56. The summed E-state index contributed by atoms with van der Waals surface area (Å²) in [6.07, 6.45) is -2.35. The van der Waals surface area contributed by atoms with Crippen LogP contribution in [0.4, 0.5) is 19.0 Å². The van der Waals surface area contributed by atoms with Crippen molar-refractivity contribution in [2.24, 2.45) is 5.73 Å². The molecule has 4 nitrogen and oxygen atoms in total. The Morgan fingerprint density at radius 3 is 2.59 bits per heavy atom. The van der Waals surface area contributed by atoms with Crippen molar-refractivity contribution in [1.82, 2.24) is 9.97 Å². The van der Waals surface area contributed by atoms with Gasteiger partial charge in [0, 0.05) is 24.8 Å². The highest BCUT2D eigenvalue weighted by Gasteiger charge is 2.31. The van der Waals surface area contributed by atoms with E-state index in [9.17, 15) is 13.2 Å². The van der Waals surface area contributed by atoms with Crippen LogP contribution < -0.4 is 10.6 Å². The second-order valence-electron chi connectivity index (χ2n) is 3.55. The zero-order chi connectivity index (χ0) is 12.9. The molecule has 7 heteroatoms. The van der Waals surface area contributed by atoms with Crippen molar-refractivity contribution in [1.29, 1.82) is 0 Å². The van der Waals surface area contributed by atoms with Crippen LogP contribution in [0.2, 0.25) is 0 Å². The van der Waals surface area contributed by atoms with Crippen LogP contribution in [0.15, 0.2) is 12.4 Å². The summed E-state index contributed by atoms with van der Waals surface area (Å²) >= 11 is 0. The number of aryl methyl sites for hydroxylation is 1. The van der Waals surface area contributed by atoms with Gasteiger partial charge in [0.05, 0.1) is 0 Å².